The molecule has 3 heterocycles. The van der Waals surface area contributed by atoms with Crippen molar-refractivity contribution in [1.29, 1.82) is 0 Å². The van der Waals surface area contributed by atoms with Crippen LogP contribution in [0.25, 0.3) is 0 Å². The zero-order chi connectivity index (χ0) is 17.9. The number of carboxylic acid groups (broad SMARTS) is 3. The van der Waals surface area contributed by atoms with Crippen molar-refractivity contribution in [2.24, 2.45) is 0 Å². The number of carbonyl (C=O) groups excluding carboxylic acids is 3. The van der Waals surface area contributed by atoms with Crippen molar-refractivity contribution >= 4 is 61.8 Å². The molecule has 0 unspecified atom stereocenters. The summed E-state index contributed by atoms with van der Waals surface area (Å²) < 4.78 is 0. The molecule has 0 N–H and O–H groups in total. The molecule has 0 aromatic carbocycles. The Hall–Kier alpha value is -2.06. The van der Waals surface area contributed by atoms with Gasteiger partial charge in [0.1, 0.15) is 0 Å². The minimum absolute atomic E-state index is 0. The minimum atomic E-state index is -1.10. The van der Waals surface area contributed by atoms with Crippen molar-refractivity contribution in [3.8, 4) is 0 Å². The summed E-state index contributed by atoms with van der Waals surface area (Å²) >= 11 is 3.51. The maximum absolute atomic E-state index is 9.96. The predicted molar refractivity (Wildman–Crippen MR) is 92.9 cm³/mol. The number of rotatable bonds is 3. The van der Waals surface area contributed by atoms with E-state index in [1.165, 1.54) is 52.2 Å². The fourth-order valence-corrected chi connectivity index (χ4v) is 2.86. The summed E-state index contributed by atoms with van der Waals surface area (Å²) in [7, 11) is 0. The van der Waals surface area contributed by atoms with Gasteiger partial charge in [-0.05, 0) is 34.3 Å². The van der Waals surface area contributed by atoms with E-state index >= 15 is 0 Å². The van der Waals surface area contributed by atoms with Gasteiger partial charge in [0.2, 0.25) is 0 Å². The average molecular weight is 412 g/mol. The average Bonchev–Trinajstić information content (AvgIpc) is 3.29. The summed E-state index contributed by atoms with van der Waals surface area (Å²) in [4.78, 5) is 30.7. The SMILES string of the molecule is O=C([O-])c1cccs1.O=C([O-])c1cccs1.O=C([O-])c1cccs1.[P+3]. The van der Waals surface area contributed by atoms with E-state index in [0.29, 0.717) is 0 Å². The number of carboxylic acids is 3. The first-order valence-corrected chi connectivity index (χ1v) is 8.80. The van der Waals surface area contributed by atoms with Crippen molar-refractivity contribution in [3.05, 3.63) is 67.2 Å². The molecule has 128 valence electrons. The van der Waals surface area contributed by atoms with Crippen molar-refractivity contribution in [1.82, 2.24) is 0 Å². The molecule has 0 amide bonds. The van der Waals surface area contributed by atoms with E-state index in [2.05, 4.69) is 0 Å². The monoisotopic (exact) mass is 412 g/mol. The summed E-state index contributed by atoms with van der Waals surface area (Å²) in [6, 6.07) is 9.57. The molecular weight excluding hydrogens is 403 g/mol. The maximum atomic E-state index is 9.96. The smallest absolute Gasteiger partial charge is 0.544 e. The number of carbonyl (C=O) groups is 3. The van der Waals surface area contributed by atoms with Gasteiger partial charge >= 0.3 is 9.90 Å². The van der Waals surface area contributed by atoms with E-state index < -0.39 is 17.9 Å². The van der Waals surface area contributed by atoms with E-state index in [0.717, 1.165) is 0 Å². The minimum Gasteiger partial charge on any atom is -0.544 e. The molecule has 3 aromatic heterocycles. The summed E-state index contributed by atoms with van der Waals surface area (Å²) in [5.41, 5.74) is 0. The van der Waals surface area contributed by atoms with Gasteiger partial charge in [0, 0.05) is 14.6 Å². The number of hydrogen-bond donors (Lipinski definition) is 0. The molecule has 10 heteroatoms. The zero-order valence-electron chi connectivity index (χ0n) is 12.3. The first-order valence-electron chi connectivity index (χ1n) is 6.16. The fourth-order valence-electron chi connectivity index (χ4n) is 1.18. The van der Waals surface area contributed by atoms with Gasteiger partial charge < -0.3 is 29.7 Å². The predicted octanol–water partition coefficient (Wildman–Crippen LogP) is 1.20. The number of hydrogen-bond acceptors (Lipinski definition) is 9. The van der Waals surface area contributed by atoms with Crippen LogP contribution in [0.4, 0.5) is 0 Å². The van der Waals surface area contributed by atoms with Gasteiger partial charge in [0.05, 0.1) is 17.9 Å². The molecule has 0 saturated carbocycles. The van der Waals surface area contributed by atoms with E-state index in [1.807, 2.05) is 0 Å². The van der Waals surface area contributed by atoms with Crippen LogP contribution >= 0.6 is 43.9 Å². The molecule has 3 aromatic rings. The largest absolute Gasteiger partial charge is 3.00 e. The zero-order valence-corrected chi connectivity index (χ0v) is 15.7. The Kier molecular flexibility index (Phi) is 11.3. The van der Waals surface area contributed by atoms with Crippen LogP contribution in [0.5, 0.6) is 0 Å². The molecule has 6 nitrogen and oxygen atoms in total. The van der Waals surface area contributed by atoms with Gasteiger partial charge in [0.15, 0.2) is 0 Å². The molecule has 0 fully saturated rings. The maximum Gasteiger partial charge on any atom is 3.00 e. The van der Waals surface area contributed by atoms with Gasteiger partial charge in [-0.2, -0.15) is 0 Å². The molecule has 0 bridgehead atoms. The topological polar surface area (TPSA) is 120 Å². The molecule has 2 radical (unpaired) electrons. The Bertz CT molecular complexity index is 646. The van der Waals surface area contributed by atoms with Crippen LogP contribution in [0.15, 0.2) is 52.5 Å². The second-order valence-electron chi connectivity index (χ2n) is 3.79. The second kappa shape index (κ2) is 12.3. The van der Waals surface area contributed by atoms with Crippen LogP contribution in [-0.2, 0) is 0 Å². The molecule has 0 aliphatic rings. The van der Waals surface area contributed by atoms with Gasteiger partial charge in [-0.25, -0.2) is 0 Å². The third-order valence-corrected chi connectivity index (χ3v) is 4.72. The van der Waals surface area contributed by atoms with Gasteiger partial charge in [-0.15, -0.1) is 34.0 Å². The summed E-state index contributed by atoms with van der Waals surface area (Å²) in [6.45, 7) is 0. The molecule has 25 heavy (non-hydrogen) atoms. The fraction of sp³-hybridized carbons (Fsp3) is 0. The summed E-state index contributed by atoms with van der Waals surface area (Å²) in [6.07, 6.45) is 0. The van der Waals surface area contributed by atoms with E-state index in [-0.39, 0.29) is 24.5 Å². The Morgan fingerprint density at radius 1 is 0.600 bits per heavy atom. The number of thiophene rings is 3. The van der Waals surface area contributed by atoms with E-state index in [9.17, 15) is 29.7 Å². The first-order chi connectivity index (χ1) is 11.4. The van der Waals surface area contributed by atoms with Gasteiger partial charge in [0.25, 0.3) is 0 Å². The Balaban J connectivity index is 0.000000339. The van der Waals surface area contributed by atoms with Crippen LogP contribution in [-0.4, -0.2) is 17.9 Å². The molecule has 0 spiro atoms. The Morgan fingerprint density at radius 3 is 0.920 bits per heavy atom. The molecule has 3 rings (SSSR count). The van der Waals surface area contributed by atoms with Crippen molar-refractivity contribution < 1.29 is 29.7 Å². The molecular formula is C15H9O6PS3. The quantitative estimate of drug-likeness (QED) is 0.596. The van der Waals surface area contributed by atoms with Gasteiger partial charge in [-0.3, -0.25) is 0 Å². The van der Waals surface area contributed by atoms with Crippen LogP contribution < -0.4 is 15.3 Å². The summed E-state index contributed by atoms with van der Waals surface area (Å²) in [5, 5.41) is 35.0. The Morgan fingerprint density at radius 2 is 0.840 bits per heavy atom. The van der Waals surface area contributed by atoms with E-state index in [1.54, 1.807) is 34.3 Å². The normalized spacial score (nSPS) is 8.64. The van der Waals surface area contributed by atoms with Crippen LogP contribution in [0.1, 0.15) is 29.0 Å². The molecule has 0 atom stereocenters. The van der Waals surface area contributed by atoms with Crippen molar-refractivity contribution in [2.45, 2.75) is 0 Å². The standard InChI is InChI=1S/3C5H4O2S.P/c3*6-5(7)4-2-1-3-8-4;/h3*1-3H,(H,6,7);/q;;;+3/p-3. The third kappa shape index (κ3) is 9.11. The number of aromatic carboxylic acids is 3. The van der Waals surface area contributed by atoms with Crippen LogP contribution in [0.2, 0.25) is 0 Å². The summed E-state index contributed by atoms with van der Waals surface area (Å²) in [5.74, 6) is -3.29. The first kappa shape index (κ1) is 22.9. The second-order valence-corrected chi connectivity index (χ2v) is 6.64. The molecule has 0 aliphatic carbocycles. The van der Waals surface area contributed by atoms with Crippen molar-refractivity contribution in [3.63, 3.8) is 0 Å². The van der Waals surface area contributed by atoms with Gasteiger partial charge in [-0.1, -0.05) is 18.2 Å². The van der Waals surface area contributed by atoms with E-state index in [4.69, 9.17) is 0 Å². The Labute approximate surface area is 158 Å². The van der Waals surface area contributed by atoms with Crippen LogP contribution in [0.3, 0.4) is 0 Å². The molecule has 0 saturated heterocycles. The van der Waals surface area contributed by atoms with Crippen LogP contribution in [0, 0.1) is 0 Å². The third-order valence-electron chi connectivity index (χ3n) is 2.17. The van der Waals surface area contributed by atoms with Crippen molar-refractivity contribution in [2.75, 3.05) is 0 Å². The molecule has 0 aliphatic heterocycles.